The van der Waals surface area contributed by atoms with Crippen molar-refractivity contribution in [2.24, 2.45) is 0 Å². The summed E-state index contributed by atoms with van der Waals surface area (Å²) in [6.07, 6.45) is 4.08. The van der Waals surface area contributed by atoms with Crippen LogP contribution in [0.2, 0.25) is 0 Å². The van der Waals surface area contributed by atoms with E-state index in [1.165, 1.54) is 6.20 Å². The molecule has 2 atom stereocenters. The molecule has 2 aromatic rings. The second-order valence-electron chi connectivity index (χ2n) is 6.43. The maximum absolute atomic E-state index is 12.9. The van der Waals surface area contributed by atoms with E-state index in [1.807, 2.05) is 0 Å². The van der Waals surface area contributed by atoms with Crippen LogP contribution in [0.15, 0.2) is 52.0 Å². The van der Waals surface area contributed by atoms with Gasteiger partial charge in [0.15, 0.2) is 9.84 Å². The van der Waals surface area contributed by atoms with Crippen molar-refractivity contribution in [1.29, 1.82) is 0 Å². The van der Waals surface area contributed by atoms with E-state index < -0.39 is 15.1 Å². The zero-order chi connectivity index (χ0) is 16.7. The highest BCUT2D eigenvalue weighted by Crippen LogP contribution is 2.40. The Hall–Kier alpha value is -2.15. The summed E-state index contributed by atoms with van der Waals surface area (Å²) in [6, 6.07) is 10.0. The number of rotatable bonds is 3. The van der Waals surface area contributed by atoms with E-state index in [9.17, 15) is 13.2 Å². The molecule has 2 aliphatic rings. The molecule has 1 aromatic carbocycles. The maximum atomic E-state index is 12.9. The van der Waals surface area contributed by atoms with Gasteiger partial charge in [-0.25, -0.2) is 8.42 Å². The first-order valence-electron chi connectivity index (χ1n) is 8.09. The Balaban J connectivity index is 1.58. The van der Waals surface area contributed by atoms with Crippen LogP contribution in [-0.2, 0) is 9.84 Å². The van der Waals surface area contributed by atoms with Crippen LogP contribution in [0.4, 0.5) is 0 Å². The molecule has 1 aromatic heterocycles. The largest absolute Gasteiger partial charge is 0.351 e. The van der Waals surface area contributed by atoms with Gasteiger partial charge in [-0.1, -0.05) is 23.4 Å². The van der Waals surface area contributed by atoms with E-state index in [4.69, 9.17) is 4.52 Å². The molecule has 2 aliphatic heterocycles. The number of hydrogen-bond donors (Lipinski definition) is 0. The first-order chi connectivity index (χ1) is 11.6. The molecule has 2 unspecified atom stereocenters. The average molecular weight is 346 g/mol. The normalized spacial score (nSPS) is 26.5. The summed E-state index contributed by atoms with van der Waals surface area (Å²) < 4.78 is 30.7. The van der Waals surface area contributed by atoms with Crippen molar-refractivity contribution in [3.63, 3.8) is 0 Å². The minimum atomic E-state index is -3.36. The first-order valence-corrected chi connectivity index (χ1v) is 9.64. The van der Waals surface area contributed by atoms with E-state index in [0.29, 0.717) is 17.7 Å². The predicted molar refractivity (Wildman–Crippen MR) is 86.1 cm³/mol. The Bertz CT molecular complexity index is 819. The van der Waals surface area contributed by atoms with Gasteiger partial charge < -0.3 is 9.42 Å². The zero-order valence-corrected chi connectivity index (χ0v) is 13.9. The monoisotopic (exact) mass is 346 g/mol. The lowest BCUT2D eigenvalue weighted by Gasteiger charge is -2.38. The Morgan fingerprint density at radius 1 is 1.08 bits per heavy atom. The first kappa shape index (κ1) is 15.4. The Morgan fingerprint density at radius 2 is 1.75 bits per heavy atom. The average Bonchev–Trinajstić information content (AvgIpc) is 3.21. The van der Waals surface area contributed by atoms with Crippen molar-refractivity contribution in [3.05, 3.63) is 48.4 Å². The number of benzene rings is 1. The zero-order valence-electron chi connectivity index (χ0n) is 13.0. The Morgan fingerprint density at radius 3 is 2.33 bits per heavy atom. The topological polar surface area (TPSA) is 80.5 Å². The second-order valence-corrected chi connectivity index (χ2v) is 8.65. The number of piperidine rings is 1. The molecule has 2 saturated heterocycles. The third-order valence-electron chi connectivity index (χ3n) is 5.08. The van der Waals surface area contributed by atoms with Crippen LogP contribution in [0.3, 0.4) is 0 Å². The van der Waals surface area contributed by atoms with E-state index in [0.717, 1.165) is 12.8 Å². The van der Waals surface area contributed by atoms with E-state index >= 15 is 0 Å². The lowest BCUT2D eigenvalue weighted by Crippen LogP contribution is -2.49. The quantitative estimate of drug-likeness (QED) is 0.852. The van der Waals surface area contributed by atoms with Crippen LogP contribution in [0, 0.1) is 0 Å². The van der Waals surface area contributed by atoms with Gasteiger partial charge in [-0.3, -0.25) is 4.79 Å². The molecule has 4 rings (SSSR count). The van der Waals surface area contributed by atoms with Crippen LogP contribution in [0.25, 0.3) is 0 Å². The SMILES string of the molecule is O=C(c1ccno1)N1C2CCC1CC(S(=O)(=O)c1ccccc1)C2. The van der Waals surface area contributed by atoms with Gasteiger partial charge >= 0.3 is 0 Å². The number of nitrogens with zero attached hydrogens (tertiary/aromatic N) is 2. The van der Waals surface area contributed by atoms with Gasteiger partial charge in [-0.05, 0) is 37.8 Å². The number of sulfone groups is 1. The van der Waals surface area contributed by atoms with Gasteiger partial charge in [0.05, 0.1) is 16.3 Å². The van der Waals surface area contributed by atoms with Gasteiger partial charge in [0, 0.05) is 18.2 Å². The molecule has 2 bridgehead atoms. The van der Waals surface area contributed by atoms with Gasteiger partial charge in [0.2, 0.25) is 5.76 Å². The van der Waals surface area contributed by atoms with Gasteiger partial charge in [-0.2, -0.15) is 0 Å². The number of aromatic nitrogens is 1. The van der Waals surface area contributed by atoms with E-state index in [2.05, 4.69) is 5.16 Å². The fourth-order valence-electron chi connectivity index (χ4n) is 3.97. The maximum Gasteiger partial charge on any atom is 0.292 e. The van der Waals surface area contributed by atoms with Crippen LogP contribution >= 0.6 is 0 Å². The molecule has 3 heterocycles. The van der Waals surface area contributed by atoms with Crippen LogP contribution in [0.5, 0.6) is 0 Å². The molecular formula is C17H18N2O4S. The highest BCUT2D eigenvalue weighted by atomic mass is 32.2. The van der Waals surface area contributed by atoms with Crippen molar-refractivity contribution in [1.82, 2.24) is 10.1 Å². The fraction of sp³-hybridized carbons (Fsp3) is 0.412. The van der Waals surface area contributed by atoms with Crippen LogP contribution < -0.4 is 0 Å². The van der Waals surface area contributed by atoms with Crippen molar-refractivity contribution in [3.8, 4) is 0 Å². The smallest absolute Gasteiger partial charge is 0.292 e. The lowest BCUT2D eigenvalue weighted by atomic mass is 10.0. The third-order valence-corrected chi connectivity index (χ3v) is 7.28. The molecule has 6 nitrogen and oxygen atoms in total. The standard InChI is InChI=1S/C17H18N2O4S/c20-17(16-8-9-18-23-16)19-12-6-7-13(19)11-15(10-12)24(21,22)14-4-2-1-3-5-14/h1-5,8-9,12-13,15H,6-7,10-11H2. The molecule has 0 N–H and O–H groups in total. The molecular weight excluding hydrogens is 328 g/mol. The third kappa shape index (κ3) is 2.43. The second kappa shape index (κ2) is 5.73. The van der Waals surface area contributed by atoms with Crippen LogP contribution in [0.1, 0.15) is 36.2 Å². The molecule has 24 heavy (non-hydrogen) atoms. The van der Waals surface area contributed by atoms with E-state index in [1.54, 1.807) is 41.3 Å². The number of amides is 1. The molecule has 2 fully saturated rings. The minimum absolute atomic E-state index is 0.0511. The van der Waals surface area contributed by atoms with Crippen molar-refractivity contribution < 1.29 is 17.7 Å². The summed E-state index contributed by atoms with van der Waals surface area (Å²) in [7, 11) is -3.36. The number of fused-ring (bicyclic) bond motifs is 2. The molecule has 0 aliphatic carbocycles. The summed E-state index contributed by atoms with van der Waals surface area (Å²) in [5.41, 5.74) is 0. The highest BCUT2D eigenvalue weighted by molar-refractivity contribution is 7.92. The van der Waals surface area contributed by atoms with Gasteiger partial charge in [0.25, 0.3) is 5.91 Å². The highest BCUT2D eigenvalue weighted by Gasteiger charge is 2.47. The Labute approximate surface area is 140 Å². The molecule has 0 spiro atoms. The molecule has 7 heteroatoms. The summed E-state index contributed by atoms with van der Waals surface area (Å²) >= 11 is 0. The number of hydrogen-bond acceptors (Lipinski definition) is 5. The Kier molecular flexibility index (Phi) is 3.68. The summed E-state index contributed by atoms with van der Waals surface area (Å²) in [6.45, 7) is 0. The van der Waals surface area contributed by atoms with Crippen molar-refractivity contribution in [2.75, 3.05) is 0 Å². The van der Waals surface area contributed by atoms with Crippen molar-refractivity contribution in [2.45, 2.75) is 47.9 Å². The summed E-state index contributed by atoms with van der Waals surface area (Å²) in [5, 5.41) is 3.15. The van der Waals surface area contributed by atoms with Gasteiger partial charge in [0.1, 0.15) is 0 Å². The van der Waals surface area contributed by atoms with E-state index in [-0.39, 0.29) is 23.8 Å². The lowest BCUT2D eigenvalue weighted by molar-refractivity contribution is 0.0556. The number of carbonyl (C=O) groups is 1. The number of carbonyl (C=O) groups excluding carboxylic acids is 1. The minimum Gasteiger partial charge on any atom is -0.351 e. The van der Waals surface area contributed by atoms with Crippen LogP contribution in [-0.4, -0.2) is 41.7 Å². The summed E-state index contributed by atoms with van der Waals surface area (Å²) in [4.78, 5) is 14.8. The molecule has 126 valence electrons. The van der Waals surface area contributed by atoms with Crippen molar-refractivity contribution >= 4 is 15.7 Å². The predicted octanol–water partition coefficient (Wildman–Crippen LogP) is 2.28. The molecule has 1 amide bonds. The summed E-state index contributed by atoms with van der Waals surface area (Å²) in [5.74, 6) is 0.0341. The molecule has 0 radical (unpaired) electrons. The van der Waals surface area contributed by atoms with Gasteiger partial charge in [-0.15, -0.1) is 0 Å². The molecule has 0 saturated carbocycles. The fourth-order valence-corrected chi connectivity index (χ4v) is 5.84.